The third kappa shape index (κ3) is 6.35. The van der Waals surface area contributed by atoms with Crippen LogP contribution in [-0.4, -0.2) is 51.2 Å². The van der Waals surface area contributed by atoms with Gasteiger partial charge in [0.25, 0.3) is 0 Å². The van der Waals surface area contributed by atoms with Gasteiger partial charge in [-0.15, -0.1) is 0 Å². The van der Waals surface area contributed by atoms with Crippen molar-refractivity contribution in [2.45, 2.75) is 32.6 Å². The van der Waals surface area contributed by atoms with Crippen LogP contribution < -0.4 is 10.5 Å². The molecule has 6 nitrogen and oxygen atoms in total. The van der Waals surface area contributed by atoms with Crippen LogP contribution in [0.2, 0.25) is 0 Å². The number of carbonyl (C=O) groups is 1. The SMILES string of the molecule is CCCS(=O)(=O)NCCCN1CCC(C(N)=O)CC1. The molecule has 1 saturated heterocycles. The number of amides is 1. The first-order chi connectivity index (χ1) is 8.94. The number of nitrogens with zero attached hydrogens (tertiary/aromatic N) is 1. The predicted molar refractivity (Wildman–Crippen MR) is 75.1 cm³/mol. The molecular formula is C12H25N3O3S. The molecule has 112 valence electrons. The molecule has 1 rings (SSSR count). The first-order valence-corrected chi connectivity index (χ1v) is 8.59. The maximum Gasteiger partial charge on any atom is 0.220 e. The van der Waals surface area contributed by atoms with Crippen molar-refractivity contribution in [3.05, 3.63) is 0 Å². The number of sulfonamides is 1. The van der Waals surface area contributed by atoms with Crippen LogP contribution in [0.15, 0.2) is 0 Å². The lowest BCUT2D eigenvalue weighted by atomic mass is 9.96. The Morgan fingerprint density at radius 2 is 2.00 bits per heavy atom. The van der Waals surface area contributed by atoms with Gasteiger partial charge in [-0.2, -0.15) is 0 Å². The first kappa shape index (κ1) is 16.4. The molecule has 0 spiro atoms. The number of hydrogen-bond donors (Lipinski definition) is 2. The molecule has 0 atom stereocenters. The van der Waals surface area contributed by atoms with E-state index in [0.29, 0.717) is 13.0 Å². The van der Waals surface area contributed by atoms with Crippen molar-refractivity contribution in [1.82, 2.24) is 9.62 Å². The summed E-state index contributed by atoms with van der Waals surface area (Å²) in [6.07, 6.45) is 3.06. The van der Waals surface area contributed by atoms with Crippen LogP contribution >= 0.6 is 0 Å². The molecule has 0 aromatic carbocycles. The van der Waals surface area contributed by atoms with Gasteiger partial charge in [-0.25, -0.2) is 13.1 Å². The van der Waals surface area contributed by atoms with Gasteiger partial charge in [0.15, 0.2) is 0 Å². The minimum absolute atomic E-state index is 0.0132. The van der Waals surface area contributed by atoms with Crippen molar-refractivity contribution < 1.29 is 13.2 Å². The van der Waals surface area contributed by atoms with Gasteiger partial charge in [-0.1, -0.05) is 6.92 Å². The van der Waals surface area contributed by atoms with E-state index in [2.05, 4.69) is 9.62 Å². The summed E-state index contributed by atoms with van der Waals surface area (Å²) in [5.74, 6) is 0.00285. The van der Waals surface area contributed by atoms with Gasteiger partial charge in [-0.3, -0.25) is 4.79 Å². The van der Waals surface area contributed by atoms with Gasteiger partial charge in [0.2, 0.25) is 15.9 Å². The van der Waals surface area contributed by atoms with E-state index in [4.69, 9.17) is 5.73 Å². The van der Waals surface area contributed by atoms with Crippen LogP contribution in [0.5, 0.6) is 0 Å². The Morgan fingerprint density at radius 1 is 1.37 bits per heavy atom. The highest BCUT2D eigenvalue weighted by Gasteiger charge is 2.22. The molecule has 19 heavy (non-hydrogen) atoms. The third-order valence-electron chi connectivity index (χ3n) is 3.44. The lowest BCUT2D eigenvalue weighted by Gasteiger charge is -2.30. The van der Waals surface area contributed by atoms with Gasteiger partial charge in [-0.05, 0) is 45.3 Å². The molecule has 3 N–H and O–H groups in total. The van der Waals surface area contributed by atoms with E-state index in [-0.39, 0.29) is 17.6 Å². The molecule has 0 unspecified atom stereocenters. The summed E-state index contributed by atoms with van der Waals surface area (Å²) in [6, 6.07) is 0. The predicted octanol–water partition coefficient (Wildman–Crippen LogP) is -0.0968. The molecule has 1 aliphatic rings. The molecule has 7 heteroatoms. The van der Waals surface area contributed by atoms with Gasteiger partial charge < -0.3 is 10.6 Å². The average Bonchev–Trinajstić information content (AvgIpc) is 2.35. The van der Waals surface area contributed by atoms with Crippen molar-refractivity contribution >= 4 is 15.9 Å². The van der Waals surface area contributed by atoms with Crippen molar-refractivity contribution in [2.75, 3.05) is 31.9 Å². The number of rotatable bonds is 8. The summed E-state index contributed by atoms with van der Waals surface area (Å²) in [5, 5.41) is 0. The van der Waals surface area contributed by atoms with Crippen LogP contribution in [0, 0.1) is 5.92 Å². The van der Waals surface area contributed by atoms with Crippen LogP contribution in [-0.2, 0) is 14.8 Å². The molecule has 1 fully saturated rings. The summed E-state index contributed by atoms with van der Waals surface area (Å²) in [5.41, 5.74) is 5.28. The van der Waals surface area contributed by atoms with Crippen LogP contribution in [0.4, 0.5) is 0 Å². The van der Waals surface area contributed by atoms with E-state index >= 15 is 0 Å². The van der Waals surface area contributed by atoms with Crippen LogP contribution in [0.25, 0.3) is 0 Å². The maximum absolute atomic E-state index is 11.4. The molecule has 0 aliphatic carbocycles. The summed E-state index contributed by atoms with van der Waals surface area (Å²) in [6.45, 7) is 4.94. The van der Waals surface area contributed by atoms with E-state index in [9.17, 15) is 13.2 Å². The zero-order chi connectivity index (χ0) is 14.3. The Bertz CT molecular complexity index is 376. The lowest BCUT2D eigenvalue weighted by molar-refractivity contribution is -0.123. The molecular weight excluding hydrogens is 266 g/mol. The largest absolute Gasteiger partial charge is 0.369 e. The van der Waals surface area contributed by atoms with Crippen LogP contribution in [0.3, 0.4) is 0 Å². The number of primary amides is 1. The number of hydrogen-bond acceptors (Lipinski definition) is 4. The van der Waals surface area contributed by atoms with E-state index in [1.54, 1.807) is 0 Å². The van der Waals surface area contributed by atoms with Crippen molar-refractivity contribution in [3.8, 4) is 0 Å². The highest BCUT2D eigenvalue weighted by molar-refractivity contribution is 7.89. The molecule has 1 amide bonds. The summed E-state index contributed by atoms with van der Waals surface area (Å²) in [7, 11) is -3.08. The fourth-order valence-corrected chi connectivity index (χ4v) is 3.45. The number of carbonyl (C=O) groups excluding carboxylic acids is 1. The minimum atomic E-state index is -3.08. The fraction of sp³-hybridized carbons (Fsp3) is 0.917. The standard InChI is InChI=1S/C12H25N3O3S/c1-2-10-19(17,18)14-6-3-7-15-8-4-11(5-9-15)12(13)16/h11,14H,2-10H2,1H3,(H2,13,16). The maximum atomic E-state index is 11.4. The Hall–Kier alpha value is -0.660. The monoisotopic (exact) mass is 291 g/mol. The van der Waals surface area contributed by atoms with E-state index < -0.39 is 10.0 Å². The van der Waals surface area contributed by atoms with Crippen molar-refractivity contribution in [1.29, 1.82) is 0 Å². The van der Waals surface area contributed by atoms with Crippen molar-refractivity contribution in [2.24, 2.45) is 11.7 Å². The average molecular weight is 291 g/mol. The second-order valence-corrected chi connectivity index (χ2v) is 7.01. The Morgan fingerprint density at radius 3 is 2.53 bits per heavy atom. The Balaban J connectivity index is 2.13. The molecule has 0 saturated carbocycles. The fourth-order valence-electron chi connectivity index (χ4n) is 2.31. The summed E-state index contributed by atoms with van der Waals surface area (Å²) in [4.78, 5) is 13.3. The van der Waals surface area contributed by atoms with E-state index in [1.807, 2.05) is 6.92 Å². The lowest BCUT2D eigenvalue weighted by Crippen LogP contribution is -2.39. The van der Waals surface area contributed by atoms with Gasteiger partial charge in [0.05, 0.1) is 5.75 Å². The minimum Gasteiger partial charge on any atom is -0.369 e. The normalized spacial score (nSPS) is 18.6. The quantitative estimate of drug-likeness (QED) is 0.611. The van der Waals surface area contributed by atoms with Gasteiger partial charge in [0.1, 0.15) is 0 Å². The van der Waals surface area contributed by atoms with Gasteiger partial charge >= 0.3 is 0 Å². The smallest absolute Gasteiger partial charge is 0.220 e. The van der Waals surface area contributed by atoms with Crippen LogP contribution in [0.1, 0.15) is 32.6 Å². The molecule has 0 aromatic rings. The van der Waals surface area contributed by atoms with Crippen molar-refractivity contribution in [3.63, 3.8) is 0 Å². The third-order valence-corrected chi connectivity index (χ3v) is 5.03. The zero-order valence-corrected chi connectivity index (χ0v) is 12.4. The molecule has 0 radical (unpaired) electrons. The Kier molecular flexibility index (Phi) is 6.74. The molecule has 0 bridgehead atoms. The highest BCUT2D eigenvalue weighted by atomic mass is 32.2. The number of nitrogens with two attached hydrogens (primary N) is 1. The van der Waals surface area contributed by atoms with E-state index in [0.717, 1.165) is 38.9 Å². The zero-order valence-electron chi connectivity index (χ0n) is 11.6. The number of nitrogens with one attached hydrogen (secondary N) is 1. The highest BCUT2D eigenvalue weighted by Crippen LogP contribution is 2.16. The van der Waals surface area contributed by atoms with Gasteiger partial charge in [0, 0.05) is 12.5 Å². The topological polar surface area (TPSA) is 92.5 Å². The molecule has 0 aromatic heterocycles. The first-order valence-electron chi connectivity index (χ1n) is 6.93. The second kappa shape index (κ2) is 7.81. The summed E-state index contributed by atoms with van der Waals surface area (Å²) < 4.78 is 25.4. The molecule has 1 heterocycles. The van der Waals surface area contributed by atoms with E-state index in [1.165, 1.54) is 0 Å². The second-order valence-electron chi connectivity index (χ2n) is 5.09. The summed E-state index contributed by atoms with van der Waals surface area (Å²) >= 11 is 0. The Labute approximate surface area is 115 Å². The molecule has 1 aliphatic heterocycles. The number of likely N-dealkylation sites (tertiary alicyclic amines) is 1. The number of piperidine rings is 1.